The quantitative estimate of drug-likeness (QED) is 0.889. The van der Waals surface area contributed by atoms with Crippen molar-refractivity contribution in [1.29, 1.82) is 0 Å². The van der Waals surface area contributed by atoms with Crippen molar-refractivity contribution in [3.8, 4) is 11.4 Å². The van der Waals surface area contributed by atoms with E-state index in [4.69, 9.17) is 5.14 Å². The van der Waals surface area contributed by atoms with E-state index in [1.807, 2.05) is 45.0 Å². The van der Waals surface area contributed by atoms with Crippen molar-refractivity contribution in [2.45, 2.75) is 31.5 Å². The Labute approximate surface area is 126 Å². The van der Waals surface area contributed by atoms with Crippen molar-refractivity contribution in [2.75, 3.05) is 0 Å². The van der Waals surface area contributed by atoms with Crippen molar-refractivity contribution >= 4 is 26.0 Å². The summed E-state index contributed by atoms with van der Waals surface area (Å²) in [6.45, 7) is 5.60. The van der Waals surface area contributed by atoms with E-state index in [9.17, 15) is 8.42 Å². The lowest BCUT2D eigenvalue weighted by Crippen LogP contribution is -2.29. The number of sulfonamides is 1. The second-order valence-corrected chi connectivity index (χ2v) is 7.74. The minimum atomic E-state index is -3.94. The Hall–Kier alpha value is -1.25. The van der Waals surface area contributed by atoms with Crippen molar-refractivity contribution in [3.63, 3.8) is 0 Å². The lowest BCUT2D eigenvalue weighted by atomic mass is 10.1. The van der Waals surface area contributed by atoms with Crippen LogP contribution in [-0.4, -0.2) is 23.2 Å². The minimum absolute atomic E-state index is 0.236. The first kappa shape index (κ1) is 15.1. The Balaban J connectivity index is 2.76. The van der Waals surface area contributed by atoms with Gasteiger partial charge in [-0.3, -0.25) is 4.57 Å². The molecule has 0 amide bonds. The van der Waals surface area contributed by atoms with Gasteiger partial charge < -0.3 is 0 Å². The average Bonchev–Trinajstić information content (AvgIpc) is 2.72. The maximum absolute atomic E-state index is 11.7. The maximum Gasteiger partial charge on any atom is 0.273 e. The molecule has 2 rings (SSSR count). The summed E-state index contributed by atoms with van der Waals surface area (Å²) in [4.78, 5) is 0. The molecule has 1 heterocycles. The van der Waals surface area contributed by atoms with Gasteiger partial charge in [0.05, 0.1) is 0 Å². The Morgan fingerprint density at radius 3 is 2.40 bits per heavy atom. The lowest BCUT2D eigenvalue weighted by Gasteiger charge is -2.24. The van der Waals surface area contributed by atoms with Crippen LogP contribution in [0.15, 0.2) is 33.9 Å². The van der Waals surface area contributed by atoms with Gasteiger partial charge >= 0.3 is 0 Å². The second kappa shape index (κ2) is 4.94. The van der Waals surface area contributed by atoms with Crippen LogP contribution in [0.4, 0.5) is 0 Å². The number of hydrogen-bond acceptors (Lipinski definition) is 4. The molecule has 0 radical (unpaired) electrons. The molecule has 0 saturated heterocycles. The Bertz CT molecular complexity index is 747. The molecule has 8 heteroatoms. The van der Waals surface area contributed by atoms with E-state index in [0.717, 1.165) is 10.0 Å². The van der Waals surface area contributed by atoms with Gasteiger partial charge in [0, 0.05) is 15.6 Å². The molecule has 0 aliphatic carbocycles. The zero-order valence-corrected chi connectivity index (χ0v) is 13.7. The van der Waals surface area contributed by atoms with E-state index >= 15 is 0 Å². The molecule has 1 aromatic carbocycles. The fourth-order valence-electron chi connectivity index (χ4n) is 1.87. The van der Waals surface area contributed by atoms with Crippen LogP contribution in [0, 0.1) is 0 Å². The summed E-state index contributed by atoms with van der Waals surface area (Å²) in [6.07, 6.45) is 0. The molecular weight excluding hydrogens is 344 g/mol. The molecule has 108 valence electrons. The highest BCUT2D eigenvalue weighted by Crippen LogP contribution is 2.28. The first-order chi connectivity index (χ1) is 9.10. The highest BCUT2D eigenvalue weighted by atomic mass is 79.9. The van der Waals surface area contributed by atoms with Crippen LogP contribution in [-0.2, 0) is 15.6 Å². The van der Waals surface area contributed by atoms with Crippen molar-refractivity contribution in [1.82, 2.24) is 14.8 Å². The Morgan fingerprint density at radius 2 is 1.90 bits per heavy atom. The van der Waals surface area contributed by atoms with Gasteiger partial charge in [-0.2, -0.15) is 0 Å². The van der Waals surface area contributed by atoms with E-state index in [1.54, 1.807) is 0 Å². The van der Waals surface area contributed by atoms with Crippen LogP contribution in [0.5, 0.6) is 0 Å². The SMILES string of the molecule is CC(C)(C)n1c(-c2cccc(Br)c2)nnc1S(N)(=O)=O. The molecule has 0 unspecified atom stereocenters. The van der Waals surface area contributed by atoms with Gasteiger partial charge in [0.15, 0.2) is 5.82 Å². The number of primary sulfonamides is 1. The van der Waals surface area contributed by atoms with Crippen molar-refractivity contribution in [2.24, 2.45) is 5.14 Å². The largest absolute Gasteiger partial charge is 0.291 e. The maximum atomic E-state index is 11.7. The van der Waals surface area contributed by atoms with E-state index in [0.29, 0.717) is 5.82 Å². The Kier molecular flexibility index (Phi) is 3.74. The van der Waals surface area contributed by atoms with Gasteiger partial charge in [-0.25, -0.2) is 13.6 Å². The van der Waals surface area contributed by atoms with Gasteiger partial charge in [-0.15, -0.1) is 10.2 Å². The molecule has 0 saturated carbocycles. The first-order valence-corrected chi connectivity index (χ1v) is 8.19. The molecule has 0 fully saturated rings. The van der Waals surface area contributed by atoms with Gasteiger partial charge in [-0.1, -0.05) is 28.1 Å². The predicted molar refractivity (Wildman–Crippen MR) is 79.5 cm³/mol. The van der Waals surface area contributed by atoms with Gasteiger partial charge in [0.2, 0.25) is 0 Å². The summed E-state index contributed by atoms with van der Waals surface area (Å²) < 4.78 is 25.7. The molecule has 2 aromatic rings. The molecule has 0 aliphatic rings. The van der Waals surface area contributed by atoms with Gasteiger partial charge in [-0.05, 0) is 32.9 Å². The van der Waals surface area contributed by atoms with E-state index in [1.165, 1.54) is 4.57 Å². The third-order valence-electron chi connectivity index (χ3n) is 2.64. The standard InChI is InChI=1S/C12H15BrN4O2S/c1-12(2,3)17-10(8-5-4-6-9(13)7-8)15-16-11(17)20(14,18)19/h4-7H,1-3H3,(H2,14,18,19). The average molecular weight is 359 g/mol. The van der Waals surface area contributed by atoms with Crippen LogP contribution in [0.25, 0.3) is 11.4 Å². The topological polar surface area (TPSA) is 90.9 Å². The number of nitrogens with zero attached hydrogens (tertiary/aromatic N) is 3. The van der Waals surface area contributed by atoms with Crippen LogP contribution >= 0.6 is 15.9 Å². The highest BCUT2D eigenvalue weighted by molar-refractivity contribution is 9.10. The van der Waals surface area contributed by atoms with Gasteiger partial charge in [0.25, 0.3) is 15.2 Å². The number of nitrogens with two attached hydrogens (primary N) is 1. The monoisotopic (exact) mass is 358 g/mol. The molecule has 0 spiro atoms. The van der Waals surface area contributed by atoms with Crippen LogP contribution in [0.3, 0.4) is 0 Å². The summed E-state index contributed by atoms with van der Waals surface area (Å²) in [5, 5.41) is 12.7. The van der Waals surface area contributed by atoms with Crippen LogP contribution in [0.1, 0.15) is 20.8 Å². The van der Waals surface area contributed by atoms with Gasteiger partial charge in [0.1, 0.15) is 0 Å². The lowest BCUT2D eigenvalue weighted by molar-refractivity contribution is 0.366. The van der Waals surface area contributed by atoms with Crippen molar-refractivity contribution < 1.29 is 8.42 Å². The fraction of sp³-hybridized carbons (Fsp3) is 0.333. The third kappa shape index (κ3) is 2.92. The number of aromatic nitrogens is 3. The number of rotatable bonds is 2. The second-order valence-electron chi connectivity index (χ2n) is 5.37. The summed E-state index contributed by atoms with van der Waals surface area (Å²) in [6, 6.07) is 7.41. The summed E-state index contributed by atoms with van der Waals surface area (Å²) >= 11 is 3.38. The smallest absolute Gasteiger partial charge is 0.273 e. The molecule has 0 atom stereocenters. The molecule has 2 N–H and O–H groups in total. The van der Waals surface area contributed by atoms with E-state index < -0.39 is 15.6 Å². The predicted octanol–water partition coefficient (Wildman–Crippen LogP) is 2.11. The molecular formula is C12H15BrN4O2S. The first-order valence-electron chi connectivity index (χ1n) is 5.85. The molecule has 0 bridgehead atoms. The molecule has 0 aliphatic heterocycles. The zero-order chi connectivity index (χ0) is 15.1. The van der Waals surface area contributed by atoms with Crippen molar-refractivity contribution in [3.05, 3.63) is 28.7 Å². The normalized spacial score (nSPS) is 12.7. The Morgan fingerprint density at radius 1 is 1.25 bits per heavy atom. The minimum Gasteiger partial charge on any atom is -0.291 e. The molecule has 1 aromatic heterocycles. The summed E-state index contributed by atoms with van der Waals surface area (Å²) in [5.74, 6) is 0.461. The van der Waals surface area contributed by atoms with E-state index in [-0.39, 0.29) is 5.16 Å². The third-order valence-corrected chi connectivity index (χ3v) is 3.91. The number of halogens is 1. The van der Waals surface area contributed by atoms with E-state index in [2.05, 4.69) is 26.1 Å². The molecule has 20 heavy (non-hydrogen) atoms. The number of benzene rings is 1. The molecule has 6 nitrogen and oxygen atoms in total. The van der Waals surface area contributed by atoms with Crippen LogP contribution in [0.2, 0.25) is 0 Å². The summed E-state index contributed by atoms with van der Waals surface area (Å²) in [5.41, 5.74) is 0.236. The highest BCUT2D eigenvalue weighted by Gasteiger charge is 2.29. The summed E-state index contributed by atoms with van der Waals surface area (Å²) in [7, 11) is -3.94. The number of hydrogen-bond donors (Lipinski definition) is 1. The fourth-order valence-corrected chi connectivity index (χ4v) is 3.04. The van der Waals surface area contributed by atoms with Crippen LogP contribution < -0.4 is 5.14 Å². The zero-order valence-electron chi connectivity index (χ0n) is 11.3.